The number of methoxy groups -OCH3 is 1. The average Bonchev–Trinajstić information content (AvgIpc) is 3.30. The normalized spacial score (nSPS) is 15.8. The summed E-state index contributed by atoms with van der Waals surface area (Å²) in [6.45, 7) is 8.39. The van der Waals surface area contributed by atoms with Gasteiger partial charge in [0.05, 0.1) is 19.2 Å². The highest BCUT2D eigenvalue weighted by Gasteiger charge is 2.21. The Kier molecular flexibility index (Phi) is 8.97. The monoisotopic (exact) mass is 443 g/mol. The van der Waals surface area contributed by atoms with E-state index in [1.54, 1.807) is 7.11 Å². The predicted octanol–water partition coefficient (Wildman–Crippen LogP) is 4.51. The summed E-state index contributed by atoms with van der Waals surface area (Å²) in [6, 6.07) is 4.58. The van der Waals surface area contributed by atoms with Gasteiger partial charge in [-0.05, 0) is 89.1 Å². The molecule has 0 amide bonds. The van der Waals surface area contributed by atoms with Crippen LogP contribution in [0.1, 0.15) is 57.1 Å². The number of likely N-dealkylation sites (tertiary alicyclic amines) is 1. The maximum Gasteiger partial charge on any atom is 0.290 e. The molecule has 0 atom stereocenters. The number of nitrogens with zero attached hydrogens (tertiary/aromatic N) is 2. The van der Waals surface area contributed by atoms with Gasteiger partial charge in [0, 0.05) is 24.0 Å². The van der Waals surface area contributed by atoms with Crippen LogP contribution in [0.25, 0.3) is 10.9 Å². The number of rotatable bonds is 8. The smallest absolute Gasteiger partial charge is 0.290 e. The first kappa shape index (κ1) is 24.1. The van der Waals surface area contributed by atoms with Crippen LogP contribution in [0.3, 0.4) is 0 Å². The number of fused-ring (bicyclic) bond motifs is 3. The van der Waals surface area contributed by atoms with Crippen molar-refractivity contribution in [3.8, 4) is 11.5 Å². The fraction of sp³-hybridized carbons (Fsp3) is 0.600. The fourth-order valence-electron chi connectivity index (χ4n) is 4.68. The van der Waals surface area contributed by atoms with E-state index in [9.17, 15) is 0 Å². The number of aryl methyl sites for hydroxylation is 1. The average molecular weight is 444 g/mol. The lowest BCUT2D eigenvalue weighted by Gasteiger charge is -2.23. The SMILES string of the molecule is COc1cc2c3c(c(NC(C)C)nc2cc1OCCCN1CCCC1)CCCC3.O=CO. The van der Waals surface area contributed by atoms with E-state index >= 15 is 0 Å². The summed E-state index contributed by atoms with van der Waals surface area (Å²) in [5, 5.41) is 11.7. The fourth-order valence-corrected chi connectivity index (χ4v) is 4.68. The summed E-state index contributed by atoms with van der Waals surface area (Å²) in [5.74, 6) is 2.67. The topological polar surface area (TPSA) is 83.9 Å². The van der Waals surface area contributed by atoms with Crippen LogP contribution in [0.2, 0.25) is 0 Å². The molecule has 1 aliphatic carbocycles. The first-order valence-electron chi connectivity index (χ1n) is 11.8. The van der Waals surface area contributed by atoms with Crippen molar-refractivity contribution < 1.29 is 19.4 Å². The van der Waals surface area contributed by atoms with E-state index in [0.717, 1.165) is 48.6 Å². The highest BCUT2D eigenvalue weighted by Crippen LogP contribution is 2.38. The molecule has 2 aromatic rings. The van der Waals surface area contributed by atoms with Crippen LogP contribution in [-0.4, -0.2) is 60.9 Å². The van der Waals surface area contributed by atoms with Crippen LogP contribution < -0.4 is 14.8 Å². The molecule has 0 bridgehead atoms. The number of benzene rings is 1. The Bertz CT molecular complexity index is 895. The molecule has 1 fully saturated rings. The Balaban J connectivity index is 0.000000913. The van der Waals surface area contributed by atoms with E-state index in [2.05, 4.69) is 36.2 Å². The lowest BCUT2D eigenvalue weighted by Crippen LogP contribution is -2.22. The molecule has 1 aromatic heterocycles. The van der Waals surface area contributed by atoms with Gasteiger partial charge < -0.3 is 24.8 Å². The number of nitrogens with one attached hydrogen (secondary N) is 1. The molecule has 4 rings (SSSR count). The van der Waals surface area contributed by atoms with E-state index in [1.807, 2.05) is 0 Å². The van der Waals surface area contributed by atoms with Gasteiger partial charge in [-0.3, -0.25) is 4.79 Å². The molecule has 0 spiro atoms. The van der Waals surface area contributed by atoms with Crippen molar-refractivity contribution in [2.24, 2.45) is 0 Å². The molecule has 0 unspecified atom stereocenters. The van der Waals surface area contributed by atoms with Gasteiger partial charge in [0.2, 0.25) is 0 Å². The molecule has 2 N–H and O–H groups in total. The van der Waals surface area contributed by atoms with Crippen molar-refractivity contribution >= 4 is 23.2 Å². The van der Waals surface area contributed by atoms with E-state index < -0.39 is 0 Å². The Morgan fingerprint density at radius 1 is 1.12 bits per heavy atom. The summed E-state index contributed by atoms with van der Waals surface area (Å²) >= 11 is 0. The molecule has 176 valence electrons. The Labute approximate surface area is 191 Å². The predicted molar refractivity (Wildman–Crippen MR) is 128 cm³/mol. The highest BCUT2D eigenvalue weighted by molar-refractivity contribution is 5.89. The van der Waals surface area contributed by atoms with Crippen molar-refractivity contribution in [2.45, 2.75) is 64.8 Å². The van der Waals surface area contributed by atoms with Crippen LogP contribution in [0.15, 0.2) is 12.1 Å². The van der Waals surface area contributed by atoms with Gasteiger partial charge >= 0.3 is 0 Å². The molecule has 0 saturated carbocycles. The number of hydrogen-bond acceptors (Lipinski definition) is 6. The molecule has 32 heavy (non-hydrogen) atoms. The van der Waals surface area contributed by atoms with Gasteiger partial charge in [0.1, 0.15) is 5.82 Å². The Morgan fingerprint density at radius 2 is 1.81 bits per heavy atom. The maximum absolute atomic E-state index is 8.36. The number of aromatic nitrogens is 1. The van der Waals surface area contributed by atoms with Crippen molar-refractivity contribution in [2.75, 3.05) is 38.7 Å². The lowest BCUT2D eigenvalue weighted by atomic mass is 9.89. The second-order valence-corrected chi connectivity index (χ2v) is 8.80. The summed E-state index contributed by atoms with van der Waals surface area (Å²) in [6.07, 6.45) is 8.40. The van der Waals surface area contributed by atoms with E-state index in [1.165, 1.54) is 55.3 Å². The van der Waals surface area contributed by atoms with Crippen LogP contribution in [0, 0.1) is 0 Å². The third-order valence-corrected chi connectivity index (χ3v) is 6.09. The standard InChI is InChI=1S/C24H35N3O2.CH2O2/c1-17(2)25-24-19-10-5-4-9-18(19)20-15-22(28-3)23(16-21(20)26-24)29-14-8-13-27-11-6-7-12-27;2-1-3/h15-17H,4-14H2,1-3H3,(H,25,26);1H,(H,2,3). The van der Waals surface area contributed by atoms with Gasteiger partial charge in [-0.2, -0.15) is 0 Å². The van der Waals surface area contributed by atoms with E-state index in [4.69, 9.17) is 24.4 Å². The Hall–Kier alpha value is -2.54. The minimum Gasteiger partial charge on any atom is -0.493 e. The molecule has 7 heteroatoms. The molecule has 7 nitrogen and oxygen atoms in total. The molecular formula is C25H37N3O4. The second kappa shape index (κ2) is 11.9. The lowest BCUT2D eigenvalue weighted by molar-refractivity contribution is -0.122. The number of carboxylic acid groups (broad SMARTS) is 1. The van der Waals surface area contributed by atoms with Crippen LogP contribution in [0.4, 0.5) is 5.82 Å². The molecular weight excluding hydrogens is 406 g/mol. The number of hydrogen-bond donors (Lipinski definition) is 2. The van der Waals surface area contributed by atoms with Gasteiger partial charge in [0.15, 0.2) is 11.5 Å². The van der Waals surface area contributed by atoms with E-state index in [0.29, 0.717) is 12.6 Å². The first-order chi connectivity index (χ1) is 15.6. The largest absolute Gasteiger partial charge is 0.493 e. The quantitative estimate of drug-likeness (QED) is 0.459. The number of carbonyl (C=O) groups is 1. The maximum atomic E-state index is 8.36. The minimum atomic E-state index is -0.250. The zero-order chi connectivity index (χ0) is 22.9. The number of anilines is 1. The van der Waals surface area contributed by atoms with Crippen LogP contribution >= 0.6 is 0 Å². The van der Waals surface area contributed by atoms with E-state index in [-0.39, 0.29) is 6.47 Å². The second-order valence-electron chi connectivity index (χ2n) is 8.80. The Morgan fingerprint density at radius 3 is 2.47 bits per heavy atom. The number of pyridine rings is 1. The molecule has 0 radical (unpaired) electrons. The van der Waals surface area contributed by atoms with Crippen molar-refractivity contribution in [1.29, 1.82) is 0 Å². The van der Waals surface area contributed by atoms with Crippen molar-refractivity contribution in [1.82, 2.24) is 9.88 Å². The minimum absolute atomic E-state index is 0.250. The number of ether oxygens (including phenoxy) is 2. The third kappa shape index (κ3) is 6.03. The highest BCUT2D eigenvalue weighted by atomic mass is 16.5. The summed E-state index contributed by atoms with van der Waals surface area (Å²) < 4.78 is 11.8. The van der Waals surface area contributed by atoms with Gasteiger partial charge in [-0.1, -0.05) is 0 Å². The van der Waals surface area contributed by atoms with Gasteiger partial charge in [-0.25, -0.2) is 4.98 Å². The molecule has 1 saturated heterocycles. The van der Waals surface area contributed by atoms with Gasteiger partial charge in [0.25, 0.3) is 6.47 Å². The zero-order valence-electron chi connectivity index (χ0n) is 19.7. The van der Waals surface area contributed by atoms with Crippen LogP contribution in [0.5, 0.6) is 11.5 Å². The summed E-state index contributed by atoms with van der Waals surface area (Å²) in [5.41, 5.74) is 3.83. The van der Waals surface area contributed by atoms with Crippen molar-refractivity contribution in [3.05, 3.63) is 23.3 Å². The zero-order valence-corrected chi connectivity index (χ0v) is 19.7. The van der Waals surface area contributed by atoms with Crippen molar-refractivity contribution in [3.63, 3.8) is 0 Å². The first-order valence-corrected chi connectivity index (χ1v) is 11.8. The van der Waals surface area contributed by atoms with Gasteiger partial charge in [-0.15, -0.1) is 0 Å². The van der Waals surface area contributed by atoms with Crippen LogP contribution in [-0.2, 0) is 17.6 Å². The molecule has 2 heterocycles. The summed E-state index contributed by atoms with van der Waals surface area (Å²) in [4.78, 5) is 15.9. The molecule has 1 aliphatic heterocycles. The molecule has 2 aliphatic rings. The summed E-state index contributed by atoms with van der Waals surface area (Å²) in [7, 11) is 1.73. The third-order valence-electron chi connectivity index (χ3n) is 6.09. The molecule has 1 aromatic carbocycles.